The number of nitrogens with one attached hydrogen (secondary N) is 1. The molecule has 6 heteroatoms. The van der Waals surface area contributed by atoms with E-state index in [0.29, 0.717) is 0 Å². The summed E-state index contributed by atoms with van der Waals surface area (Å²) in [5, 5.41) is 11.8. The molecular formula is C13H15ClFNO3. The summed E-state index contributed by atoms with van der Waals surface area (Å²) in [6.45, 7) is 3.29. The zero-order valence-corrected chi connectivity index (χ0v) is 11.4. The van der Waals surface area contributed by atoms with E-state index in [2.05, 4.69) is 5.32 Å². The number of rotatable bonds is 5. The number of carbonyl (C=O) groups is 2. The van der Waals surface area contributed by atoms with E-state index < -0.39 is 23.2 Å². The third kappa shape index (κ3) is 3.23. The van der Waals surface area contributed by atoms with Gasteiger partial charge in [0.25, 0.3) is 5.91 Å². The summed E-state index contributed by atoms with van der Waals surface area (Å²) in [5.74, 6) is -2.67. The molecular weight excluding hydrogens is 273 g/mol. The van der Waals surface area contributed by atoms with Crippen LogP contribution in [0.15, 0.2) is 18.2 Å². The average Bonchev–Trinajstić information content (AvgIpc) is 2.38. The van der Waals surface area contributed by atoms with Crippen molar-refractivity contribution in [2.24, 2.45) is 0 Å². The number of carboxylic acid groups (broad SMARTS) is 1. The molecule has 0 bridgehead atoms. The topological polar surface area (TPSA) is 66.4 Å². The predicted octanol–water partition coefficient (Wildman–Crippen LogP) is 2.85. The lowest BCUT2D eigenvalue weighted by molar-refractivity contribution is -0.144. The van der Waals surface area contributed by atoms with Gasteiger partial charge in [-0.2, -0.15) is 0 Å². The lowest BCUT2D eigenvalue weighted by atomic mass is 9.92. The van der Waals surface area contributed by atoms with Crippen molar-refractivity contribution in [3.63, 3.8) is 0 Å². The van der Waals surface area contributed by atoms with Crippen molar-refractivity contribution in [3.8, 4) is 0 Å². The van der Waals surface area contributed by atoms with Crippen LogP contribution >= 0.6 is 11.6 Å². The van der Waals surface area contributed by atoms with Crippen molar-refractivity contribution in [1.82, 2.24) is 5.32 Å². The van der Waals surface area contributed by atoms with Crippen molar-refractivity contribution in [3.05, 3.63) is 34.6 Å². The number of hydrogen-bond acceptors (Lipinski definition) is 2. The van der Waals surface area contributed by atoms with E-state index >= 15 is 0 Å². The molecule has 4 nitrogen and oxygen atoms in total. The largest absolute Gasteiger partial charge is 0.480 e. The smallest absolute Gasteiger partial charge is 0.329 e. The molecule has 0 saturated carbocycles. The van der Waals surface area contributed by atoms with Crippen molar-refractivity contribution in [2.45, 2.75) is 32.2 Å². The van der Waals surface area contributed by atoms with Gasteiger partial charge >= 0.3 is 5.97 Å². The summed E-state index contributed by atoms with van der Waals surface area (Å²) in [6.07, 6.45) is 0.402. The predicted molar refractivity (Wildman–Crippen MR) is 69.8 cm³/mol. The van der Waals surface area contributed by atoms with Crippen LogP contribution in [0.25, 0.3) is 0 Å². The van der Waals surface area contributed by atoms with Crippen molar-refractivity contribution in [1.29, 1.82) is 0 Å². The van der Waals surface area contributed by atoms with Gasteiger partial charge in [0.15, 0.2) is 0 Å². The first-order valence-corrected chi connectivity index (χ1v) is 6.25. The van der Waals surface area contributed by atoms with Gasteiger partial charge in [0, 0.05) is 5.02 Å². The number of halogens is 2. The van der Waals surface area contributed by atoms with Crippen LogP contribution in [0.3, 0.4) is 0 Å². The summed E-state index contributed by atoms with van der Waals surface area (Å²) in [5.41, 5.74) is -1.66. The Kier molecular flexibility index (Phi) is 4.89. The van der Waals surface area contributed by atoms with Crippen molar-refractivity contribution in [2.75, 3.05) is 0 Å². The SMILES string of the molecule is CCC(CC)(NC(=O)c1cc(Cl)ccc1F)C(=O)O. The first-order valence-electron chi connectivity index (χ1n) is 5.87. The molecule has 0 aromatic heterocycles. The lowest BCUT2D eigenvalue weighted by Crippen LogP contribution is -2.53. The van der Waals surface area contributed by atoms with E-state index in [1.165, 1.54) is 12.1 Å². The number of hydrogen-bond donors (Lipinski definition) is 2. The van der Waals surface area contributed by atoms with Crippen LogP contribution in [0.5, 0.6) is 0 Å². The number of carbonyl (C=O) groups excluding carboxylic acids is 1. The molecule has 0 aliphatic carbocycles. The number of amides is 1. The maximum Gasteiger partial charge on any atom is 0.329 e. The van der Waals surface area contributed by atoms with Crippen molar-refractivity contribution < 1.29 is 19.1 Å². The number of benzene rings is 1. The quantitative estimate of drug-likeness (QED) is 0.875. The maximum atomic E-state index is 13.5. The Bertz CT molecular complexity index is 501. The normalized spacial score (nSPS) is 11.2. The van der Waals surface area contributed by atoms with E-state index in [4.69, 9.17) is 11.6 Å². The average molecular weight is 288 g/mol. The summed E-state index contributed by atoms with van der Waals surface area (Å²) in [4.78, 5) is 23.3. The van der Waals surface area contributed by atoms with Crippen LogP contribution < -0.4 is 5.32 Å². The number of carboxylic acids is 1. The molecule has 1 amide bonds. The van der Waals surface area contributed by atoms with Crippen LogP contribution in [0.2, 0.25) is 5.02 Å². The minimum Gasteiger partial charge on any atom is -0.480 e. The summed E-state index contributed by atoms with van der Waals surface area (Å²) in [6, 6.07) is 3.56. The summed E-state index contributed by atoms with van der Waals surface area (Å²) >= 11 is 5.70. The Balaban J connectivity index is 3.07. The number of aliphatic carboxylic acids is 1. The zero-order chi connectivity index (χ0) is 14.6. The Hall–Kier alpha value is -1.62. The highest BCUT2D eigenvalue weighted by Gasteiger charge is 2.37. The molecule has 0 unspecified atom stereocenters. The van der Waals surface area contributed by atoms with Crippen LogP contribution in [0, 0.1) is 5.82 Å². The third-order valence-corrected chi connectivity index (χ3v) is 3.38. The van der Waals surface area contributed by atoms with Gasteiger partial charge in [-0.25, -0.2) is 9.18 Å². The summed E-state index contributed by atoms with van der Waals surface area (Å²) in [7, 11) is 0. The second-order valence-electron chi connectivity index (χ2n) is 4.17. The fraction of sp³-hybridized carbons (Fsp3) is 0.385. The molecule has 0 atom stereocenters. The van der Waals surface area contributed by atoms with Crippen LogP contribution in [-0.2, 0) is 4.79 Å². The molecule has 0 saturated heterocycles. The monoisotopic (exact) mass is 287 g/mol. The van der Waals surface area contributed by atoms with Gasteiger partial charge in [-0.15, -0.1) is 0 Å². The van der Waals surface area contributed by atoms with Crippen LogP contribution in [-0.4, -0.2) is 22.5 Å². The molecule has 1 aromatic carbocycles. The van der Waals surface area contributed by atoms with Crippen LogP contribution in [0.4, 0.5) is 4.39 Å². The lowest BCUT2D eigenvalue weighted by Gasteiger charge is -2.28. The molecule has 0 aliphatic rings. The van der Waals surface area contributed by atoms with Gasteiger partial charge in [0.2, 0.25) is 0 Å². The molecule has 104 valence electrons. The van der Waals surface area contributed by atoms with Crippen LogP contribution in [0.1, 0.15) is 37.0 Å². The molecule has 1 rings (SSSR count). The highest BCUT2D eigenvalue weighted by atomic mass is 35.5. The van der Waals surface area contributed by atoms with E-state index in [1.807, 2.05) is 0 Å². The second kappa shape index (κ2) is 6.02. The Labute approximate surface area is 115 Å². The maximum absolute atomic E-state index is 13.5. The van der Waals surface area contributed by atoms with Crippen molar-refractivity contribution >= 4 is 23.5 Å². The molecule has 19 heavy (non-hydrogen) atoms. The molecule has 2 N–H and O–H groups in total. The van der Waals surface area contributed by atoms with Gasteiger partial charge in [-0.1, -0.05) is 25.4 Å². The zero-order valence-electron chi connectivity index (χ0n) is 10.7. The summed E-state index contributed by atoms with van der Waals surface area (Å²) < 4.78 is 13.5. The van der Waals surface area contributed by atoms with E-state index in [1.54, 1.807) is 13.8 Å². The fourth-order valence-corrected chi connectivity index (χ4v) is 1.91. The molecule has 0 aliphatic heterocycles. The Morgan fingerprint density at radius 3 is 2.42 bits per heavy atom. The molecule has 0 heterocycles. The molecule has 0 spiro atoms. The Morgan fingerprint density at radius 1 is 1.37 bits per heavy atom. The van der Waals surface area contributed by atoms with E-state index in [9.17, 15) is 19.1 Å². The van der Waals surface area contributed by atoms with E-state index in [0.717, 1.165) is 6.07 Å². The molecule has 1 aromatic rings. The first kappa shape index (κ1) is 15.4. The first-order chi connectivity index (χ1) is 8.86. The van der Waals surface area contributed by atoms with Gasteiger partial charge in [0.1, 0.15) is 11.4 Å². The minimum absolute atomic E-state index is 0.201. The minimum atomic E-state index is -1.40. The van der Waals surface area contributed by atoms with E-state index in [-0.39, 0.29) is 23.4 Å². The van der Waals surface area contributed by atoms with Gasteiger partial charge in [0.05, 0.1) is 5.56 Å². The third-order valence-electron chi connectivity index (χ3n) is 3.14. The van der Waals surface area contributed by atoms with Gasteiger partial charge in [-0.05, 0) is 31.0 Å². The highest BCUT2D eigenvalue weighted by molar-refractivity contribution is 6.31. The molecule has 0 fully saturated rings. The molecule has 0 radical (unpaired) electrons. The van der Waals surface area contributed by atoms with Gasteiger partial charge < -0.3 is 10.4 Å². The van der Waals surface area contributed by atoms with Gasteiger partial charge in [-0.3, -0.25) is 4.79 Å². The fourth-order valence-electron chi connectivity index (χ4n) is 1.74. The standard InChI is InChI=1S/C13H15ClFNO3/c1-3-13(4-2,12(18)19)16-11(17)9-7-8(14)5-6-10(9)15/h5-7H,3-4H2,1-2H3,(H,16,17)(H,18,19). The Morgan fingerprint density at radius 2 is 1.95 bits per heavy atom. The highest BCUT2D eigenvalue weighted by Crippen LogP contribution is 2.19. The second-order valence-corrected chi connectivity index (χ2v) is 4.61.